The summed E-state index contributed by atoms with van der Waals surface area (Å²) >= 11 is 0. The number of methoxy groups -OCH3 is 1. The molecular formula is C19H16F2N4O3. The first-order valence-corrected chi connectivity index (χ1v) is 8.56. The van der Waals surface area contributed by atoms with Gasteiger partial charge in [-0.05, 0) is 24.3 Å². The van der Waals surface area contributed by atoms with E-state index in [1.54, 1.807) is 29.2 Å². The average molecular weight is 386 g/mol. The van der Waals surface area contributed by atoms with Crippen LogP contribution >= 0.6 is 0 Å². The minimum atomic E-state index is -0.889. The predicted molar refractivity (Wildman–Crippen MR) is 95.5 cm³/mol. The van der Waals surface area contributed by atoms with Crippen molar-refractivity contribution in [1.29, 1.82) is 0 Å². The van der Waals surface area contributed by atoms with Gasteiger partial charge < -0.3 is 9.64 Å². The largest absolute Gasteiger partial charge is 0.496 e. The molecule has 9 heteroatoms. The van der Waals surface area contributed by atoms with Crippen LogP contribution in [0.1, 0.15) is 16.2 Å². The molecule has 28 heavy (non-hydrogen) atoms. The summed E-state index contributed by atoms with van der Waals surface area (Å²) in [6.07, 6.45) is 0. The first-order valence-electron chi connectivity index (χ1n) is 8.56. The van der Waals surface area contributed by atoms with Crippen LogP contribution in [0.2, 0.25) is 0 Å². The molecule has 0 saturated heterocycles. The van der Waals surface area contributed by atoms with Crippen LogP contribution in [-0.4, -0.2) is 38.8 Å². The van der Waals surface area contributed by atoms with Crippen LogP contribution in [0.25, 0.3) is 5.69 Å². The number of ether oxygens (including phenoxy) is 1. The first-order chi connectivity index (χ1) is 13.5. The molecule has 0 fully saturated rings. The quantitative estimate of drug-likeness (QED) is 0.690. The monoisotopic (exact) mass is 386 g/mol. The molecule has 0 atom stereocenters. The summed E-state index contributed by atoms with van der Waals surface area (Å²) in [5.41, 5.74) is -0.273. The van der Waals surface area contributed by atoms with Crippen molar-refractivity contribution in [3.63, 3.8) is 0 Å². The number of fused-ring (bicyclic) bond motifs is 1. The van der Waals surface area contributed by atoms with Crippen molar-refractivity contribution in [2.24, 2.45) is 0 Å². The van der Waals surface area contributed by atoms with Crippen LogP contribution in [0.3, 0.4) is 0 Å². The lowest BCUT2D eigenvalue weighted by Crippen LogP contribution is -2.41. The van der Waals surface area contributed by atoms with E-state index in [1.165, 1.54) is 11.7 Å². The van der Waals surface area contributed by atoms with E-state index in [0.29, 0.717) is 29.7 Å². The third kappa shape index (κ3) is 2.94. The highest BCUT2D eigenvalue weighted by atomic mass is 19.1. The molecule has 2 heterocycles. The van der Waals surface area contributed by atoms with Gasteiger partial charge in [-0.1, -0.05) is 12.1 Å². The standard InChI is InChI=1S/C19H16F2N4O3/c1-28-16-5-3-2-4-13(16)18(26)23-8-9-24-17(11-23)22-25(19(24)27)15-7-6-12(20)10-14(15)21/h2-7,10H,8-9,11H2,1H3. The first kappa shape index (κ1) is 17.9. The van der Waals surface area contributed by atoms with Gasteiger partial charge >= 0.3 is 5.69 Å². The Morgan fingerprint density at radius 3 is 2.68 bits per heavy atom. The molecular weight excluding hydrogens is 370 g/mol. The molecule has 0 saturated carbocycles. The molecule has 4 rings (SSSR count). The lowest BCUT2D eigenvalue weighted by Gasteiger charge is -2.27. The Kier molecular flexibility index (Phi) is 4.42. The van der Waals surface area contributed by atoms with Gasteiger partial charge in [0.15, 0.2) is 11.6 Å². The fourth-order valence-corrected chi connectivity index (χ4v) is 3.22. The van der Waals surface area contributed by atoms with E-state index >= 15 is 0 Å². The average Bonchev–Trinajstić information content (AvgIpc) is 3.03. The van der Waals surface area contributed by atoms with Crippen LogP contribution < -0.4 is 10.4 Å². The van der Waals surface area contributed by atoms with Crippen molar-refractivity contribution in [2.75, 3.05) is 13.7 Å². The van der Waals surface area contributed by atoms with Crippen molar-refractivity contribution in [1.82, 2.24) is 19.2 Å². The molecule has 0 unspecified atom stereocenters. The van der Waals surface area contributed by atoms with Gasteiger partial charge in [-0.25, -0.2) is 13.6 Å². The number of nitrogens with zero attached hydrogens (tertiary/aromatic N) is 4. The number of carbonyl (C=O) groups is 1. The maximum Gasteiger partial charge on any atom is 0.350 e. The fraction of sp³-hybridized carbons (Fsp3) is 0.211. The Morgan fingerprint density at radius 2 is 1.93 bits per heavy atom. The maximum atomic E-state index is 14.1. The summed E-state index contributed by atoms with van der Waals surface area (Å²) < 4.78 is 34.7. The topological polar surface area (TPSA) is 69.4 Å². The van der Waals surface area contributed by atoms with Crippen molar-refractivity contribution < 1.29 is 18.3 Å². The van der Waals surface area contributed by atoms with Gasteiger partial charge in [0, 0.05) is 19.2 Å². The second-order valence-electron chi connectivity index (χ2n) is 6.28. The minimum absolute atomic E-state index is 0.0853. The van der Waals surface area contributed by atoms with Crippen molar-refractivity contribution in [3.8, 4) is 11.4 Å². The molecule has 1 aromatic heterocycles. The van der Waals surface area contributed by atoms with Crippen LogP contribution in [0.15, 0.2) is 47.3 Å². The van der Waals surface area contributed by atoms with Crippen molar-refractivity contribution in [2.45, 2.75) is 13.1 Å². The second kappa shape index (κ2) is 6.91. The van der Waals surface area contributed by atoms with E-state index in [-0.39, 0.29) is 24.7 Å². The third-order valence-electron chi connectivity index (χ3n) is 4.63. The number of aromatic nitrogens is 3. The number of amides is 1. The van der Waals surface area contributed by atoms with Crippen LogP contribution in [0.5, 0.6) is 5.75 Å². The van der Waals surface area contributed by atoms with E-state index in [4.69, 9.17) is 4.74 Å². The number of hydrogen-bond donors (Lipinski definition) is 0. The van der Waals surface area contributed by atoms with Crippen molar-refractivity contribution >= 4 is 5.91 Å². The molecule has 3 aromatic rings. The van der Waals surface area contributed by atoms with Gasteiger partial charge in [-0.15, -0.1) is 5.10 Å². The molecule has 0 radical (unpaired) electrons. The highest BCUT2D eigenvalue weighted by Crippen LogP contribution is 2.22. The molecule has 2 aromatic carbocycles. The molecule has 1 aliphatic heterocycles. The lowest BCUT2D eigenvalue weighted by molar-refractivity contribution is 0.0703. The summed E-state index contributed by atoms with van der Waals surface area (Å²) in [4.78, 5) is 27.0. The zero-order chi connectivity index (χ0) is 19.8. The highest BCUT2D eigenvalue weighted by molar-refractivity contribution is 5.96. The molecule has 144 valence electrons. The van der Waals surface area contributed by atoms with E-state index in [9.17, 15) is 18.4 Å². The molecule has 1 amide bonds. The van der Waals surface area contributed by atoms with Gasteiger partial charge in [0.1, 0.15) is 17.3 Å². The summed E-state index contributed by atoms with van der Waals surface area (Å²) in [6, 6.07) is 9.76. The van der Waals surface area contributed by atoms with Gasteiger partial charge in [0.2, 0.25) is 0 Å². The van der Waals surface area contributed by atoms with Gasteiger partial charge in [-0.3, -0.25) is 9.36 Å². The molecule has 0 spiro atoms. The predicted octanol–water partition coefficient (Wildman–Crippen LogP) is 1.98. The normalized spacial score (nSPS) is 13.3. The Labute approximate surface area is 158 Å². The molecule has 0 N–H and O–H groups in total. The van der Waals surface area contributed by atoms with Gasteiger partial charge in [-0.2, -0.15) is 4.68 Å². The lowest BCUT2D eigenvalue weighted by atomic mass is 10.1. The molecule has 1 aliphatic rings. The Bertz CT molecular complexity index is 1120. The summed E-state index contributed by atoms with van der Waals surface area (Å²) in [5.74, 6) is -1.11. The van der Waals surface area contributed by atoms with Gasteiger partial charge in [0.25, 0.3) is 5.91 Å². The number of rotatable bonds is 3. The smallest absolute Gasteiger partial charge is 0.350 e. The number of carbonyl (C=O) groups excluding carboxylic acids is 1. The zero-order valence-corrected chi connectivity index (χ0v) is 14.9. The summed E-state index contributed by atoms with van der Waals surface area (Å²) in [5, 5.41) is 4.16. The van der Waals surface area contributed by atoms with E-state index in [1.807, 2.05) is 0 Å². The number of para-hydroxylation sites is 1. The van der Waals surface area contributed by atoms with Gasteiger partial charge in [0.05, 0.1) is 19.2 Å². The second-order valence-corrected chi connectivity index (χ2v) is 6.28. The Morgan fingerprint density at radius 1 is 1.14 bits per heavy atom. The molecule has 0 bridgehead atoms. The third-order valence-corrected chi connectivity index (χ3v) is 4.63. The SMILES string of the molecule is COc1ccccc1C(=O)N1CCn2c(nn(-c3ccc(F)cc3F)c2=O)C1. The Balaban J connectivity index is 1.66. The van der Waals surface area contributed by atoms with Crippen LogP contribution in [-0.2, 0) is 13.1 Å². The van der Waals surface area contributed by atoms with Crippen LogP contribution in [0, 0.1) is 11.6 Å². The molecule has 0 aliphatic carbocycles. The van der Waals surface area contributed by atoms with E-state index in [0.717, 1.165) is 16.8 Å². The number of benzene rings is 2. The Hall–Kier alpha value is -3.49. The highest BCUT2D eigenvalue weighted by Gasteiger charge is 2.28. The zero-order valence-electron chi connectivity index (χ0n) is 14.9. The van der Waals surface area contributed by atoms with E-state index < -0.39 is 17.3 Å². The fourth-order valence-electron chi connectivity index (χ4n) is 3.22. The van der Waals surface area contributed by atoms with E-state index in [2.05, 4.69) is 5.10 Å². The van der Waals surface area contributed by atoms with Crippen LogP contribution in [0.4, 0.5) is 8.78 Å². The van der Waals surface area contributed by atoms with Crippen molar-refractivity contribution in [3.05, 3.63) is 76.0 Å². The maximum absolute atomic E-state index is 14.1. The summed E-state index contributed by atoms with van der Waals surface area (Å²) in [7, 11) is 1.49. The summed E-state index contributed by atoms with van der Waals surface area (Å²) in [6.45, 7) is 0.598. The number of hydrogen-bond acceptors (Lipinski definition) is 4. The minimum Gasteiger partial charge on any atom is -0.496 e. The number of halogens is 2. The molecule has 7 nitrogen and oxygen atoms in total.